The van der Waals surface area contributed by atoms with Gasteiger partial charge in [0.15, 0.2) is 0 Å². The van der Waals surface area contributed by atoms with E-state index in [1.807, 2.05) is 48.5 Å². The van der Waals surface area contributed by atoms with Crippen molar-refractivity contribution in [2.45, 2.75) is 11.5 Å². The summed E-state index contributed by atoms with van der Waals surface area (Å²) in [4.78, 5) is 13.0. The lowest BCUT2D eigenvalue weighted by molar-refractivity contribution is -0.118. The fourth-order valence-electron chi connectivity index (χ4n) is 2.45. The number of carbonyl (C=O) groups excluding carboxylic acids is 1. The molecule has 0 saturated carbocycles. The third-order valence-corrected chi connectivity index (χ3v) is 7.17. The molecule has 0 atom stereocenters. The van der Waals surface area contributed by atoms with Gasteiger partial charge in [0.2, 0.25) is 5.91 Å². The Morgan fingerprint density at radius 2 is 1.74 bits per heavy atom. The highest BCUT2D eigenvalue weighted by Gasteiger charge is 2.10. The number of nitrogens with zero attached hydrogens (tertiary/aromatic N) is 1. The van der Waals surface area contributed by atoms with Gasteiger partial charge in [-0.3, -0.25) is 4.79 Å². The second-order valence-electron chi connectivity index (χ2n) is 6.23. The van der Waals surface area contributed by atoms with E-state index >= 15 is 0 Å². The molecular weight excluding hydrogens is 681 g/mol. The Kier molecular flexibility index (Phi) is 9.76. The van der Waals surface area contributed by atoms with E-state index in [-0.39, 0.29) is 11.7 Å². The van der Waals surface area contributed by atoms with Crippen LogP contribution in [0.3, 0.4) is 0 Å². The molecular formula is C22H16Cl2I2N2O2S. The number of rotatable bonds is 8. The average molecular weight is 697 g/mol. The summed E-state index contributed by atoms with van der Waals surface area (Å²) >= 11 is 17.9. The molecule has 160 valence electrons. The summed E-state index contributed by atoms with van der Waals surface area (Å²) in [5.74, 6) is 0.880. The van der Waals surface area contributed by atoms with Crippen molar-refractivity contribution in [1.82, 2.24) is 5.43 Å². The van der Waals surface area contributed by atoms with Gasteiger partial charge in [-0.05, 0) is 93.2 Å². The Morgan fingerprint density at radius 3 is 2.42 bits per heavy atom. The first-order valence-corrected chi connectivity index (χ1v) is 12.9. The van der Waals surface area contributed by atoms with E-state index in [1.165, 1.54) is 11.8 Å². The van der Waals surface area contributed by atoms with Gasteiger partial charge in [-0.1, -0.05) is 41.4 Å². The maximum absolute atomic E-state index is 12.0. The summed E-state index contributed by atoms with van der Waals surface area (Å²) in [5.41, 5.74) is 4.35. The molecule has 0 aliphatic rings. The number of hydrazone groups is 1. The predicted octanol–water partition coefficient (Wildman–Crippen LogP) is 7.02. The van der Waals surface area contributed by atoms with Gasteiger partial charge in [0.25, 0.3) is 0 Å². The summed E-state index contributed by atoms with van der Waals surface area (Å²) < 4.78 is 7.88. The van der Waals surface area contributed by atoms with E-state index in [9.17, 15) is 4.79 Å². The van der Waals surface area contributed by atoms with Crippen molar-refractivity contribution in [1.29, 1.82) is 0 Å². The number of carbonyl (C=O) groups is 1. The quantitative estimate of drug-likeness (QED) is 0.119. The molecule has 1 N–H and O–H groups in total. The lowest BCUT2D eigenvalue weighted by Crippen LogP contribution is -2.19. The van der Waals surface area contributed by atoms with Gasteiger partial charge in [0.1, 0.15) is 12.4 Å². The average Bonchev–Trinajstić information content (AvgIpc) is 2.74. The van der Waals surface area contributed by atoms with Crippen LogP contribution >= 0.6 is 80.1 Å². The van der Waals surface area contributed by atoms with Crippen LogP contribution in [0.2, 0.25) is 10.0 Å². The summed E-state index contributed by atoms with van der Waals surface area (Å²) in [6.45, 7) is 0.389. The molecule has 0 aliphatic carbocycles. The number of halogens is 4. The van der Waals surface area contributed by atoms with Crippen LogP contribution in [-0.2, 0) is 11.4 Å². The van der Waals surface area contributed by atoms with Gasteiger partial charge in [0.05, 0.1) is 19.1 Å². The molecule has 0 spiro atoms. The zero-order chi connectivity index (χ0) is 22.2. The first-order valence-electron chi connectivity index (χ1n) is 8.98. The maximum atomic E-state index is 12.0. The minimum absolute atomic E-state index is 0.180. The molecule has 3 aromatic carbocycles. The van der Waals surface area contributed by atoms with Crippen LogP contribution in [0.4, 0.5) is 0 Å². The minimum atomic E-state index is -0.180. The first-order chi connectivity index (χ1) is 14.9. The van der Waals surface area contributed by atoms with E-state index in [2.05, 4.69) is 55.7 Å². The number of hydrogen-bond acceptors (Lipinski definition) is 4. The van der Waals surface area contributed by atoms with E-state index in [0.717, 1.165) is 28.9 Å². The summed E-state index contributed by atoms with van der Waals surface area (Å²) in [7, 11) is 0. The summed E-state index contributed by atoms with van der Waals surface area (Å²) in [5, 5.41) is 5.41. The van der Waals surface area contributed by atoms with Gasteiger partial charge in [-0.2, -0.15) is 5.10 Å². The van der Waals surface area contributed by atoms with Crippen LogP contribution in [0.15, 0.2) is 70.7 Å². The molecule has 0 aromatic heterocycles. The highest BCUT2D eigenvalue weighted by molar-refractivity contribution is 14.1. The van der Waals surface area contributed by atoms with Crippen molar-refractivity contribution in [2.75, 3.05) is 5.75 Å². The first kappa shape index (κ1) is 24.6. The van der Waals surface area contributed by atoms with Crippen molar-refractivity contribution in [3.05, 3.63) is 89.0 Å². The minimum Gasteiger partial charge on any atom is -0.487 e. The molecule has 9 heteroatoms. The Hall–Kier alpha value is -1.01. The normalized spacial score (nSPS) is 11.0. The SMILES string of the molecule is O=C(CSc1ccc(Cl)cc1)N/N=C\c1cc(I)c(OCc2ccccc2Cl)c(I)c1. The number of hydrogen-bond donors (Lipinski definition) is 1. The van der Waals surface area contributed by atoms with E-state index < -0.39 is 0 Å². The van der Waals surface area contributed by atoms with Gasteiger partial charge in [0, 0.05) is 20.5 Å². The maximum Gasteiger partial charge on any atom is 0.250 e. The van der Waals surface area contributed by atoms with E-state index in [1.54, 1.807) is 18.3 Å². The standard InChI is InChI=1S/C22H16Cl2I2N2O2S/c23-16-5-7-17(8-6-16)31-13-21(29)28-27-11-14-9-19(25)22(20(26)10-14)30-12-15-3-1-2-4-18(15)24/h1-11H,12-13H2,(H,28,29)/b27-11-. The highest BCUT2D eigenvalue weighted by Crippen LogP contribution is 2.30. The molecule has 1 amide bonds. The number of ether oxygens (including phenoxy) is 1. The van der Waals surface area contributed by atoms with E-state index in [0.29, 0.717) is 16.7 Å². The third kappa shape index (κ3) is 7.81. The fraction of sp³-hybridized carbons (Fsp3) is 0.0909. The van der Waals surface area contributed by atoms with Crippen molar-refractivity contribution in [3.8, 4) is 5.75 Å². The molecule has 3 rings (SSSR count). The van der Waals surface area contributed by atoms with Crippen LogP contribution < -0.4 is 10.2 Å². The topological polar surface area (TPSA) is 50.7 Å². The molecule has 0 saturated heterocycles. The zero-order valence-corrected chi connectivity index (χ0v) is 22.6. The monoisotopic (exact) mass is 696 g/mol. The third-order valence-electron chi connectivity index (χ3n) is 3.94. The van der Waals surface area contributed by atoms with Gasteiger partial charge < -0.3 is 4.74 Å². The fourth-order valence-corrected chi connectivity index (χ4v) is 5.58. The van der Waals surface area contributed by atoms with Crippen molar-refractivity contribution >= 4 is 92.3 Å². The Balaban J connectivity index is 1.54. The molecule has 0 bridgehead atoms. The summed E-state index contributed by atoms with van der Waals surface area (Å²) in [6, 6.07) is 18.9. The number of thioether (sulfide) groups is 1. The largest absolute Gasteiger partial charge is 0.487 e. The summed E-state index contributed by atoms with van der Waals surface area (Å²) in [6.07, 6.45) is 1.62. The second-order valence-corrected chi connectivity index (χ2v) is 10.4. The smallest absolute Gasteiger partial charge is 0.250 e. The molecule has 4 nitrogen and oxygen atoms in total. The van der Waals surface area contributed by atoms with Crippen LogP contribution in [0.1, 0.15) is 11.1 Å². The van der Waals surface area contributed by atoms with Crippen molar-refractivity contribution in [3.63, 3.8) is 0 Å². The van der Waals surface area contributed by atoms with Gasteiger partial charge in [-0.25, -0.2) is 5.43 Å². The molecule has 0 fully saturated rings. The van der Waals surface area contributed by atoms with Crippen molar-refractivity contribution in [2.24, 2.45) is 5.10 Å². The Morgan fingerprint density at radius 1 is 1.06 bits per heavy atom. The molecule has 31 heavy (non-hydrogen) atoms. The molecule has 0 unspecified atom stereocenters. The molecule has 0 radical (unpaired) electrons. The predicted molar refractivity (Wildman–Crippen MR) is 146 cm³/mol. The van der Waals surface area contributed by atoms with Crippen LogP contribution in [-0.4, -0.2) is 17.9 Å². The molecule has 3 aromatic rings. The Labute approximate surface area is 222 Å². The van der Waals surface area contributed by atoms with Gasteiger partial charge >= 0.3 is 0 Å². The Bertz CT molecular complexity index is 1070. The highest BCUT2D eigenvalue weighted by atomic mass is 127. The number of nitrogens with one attached hydrogen (secondary N) is 1. The number of amides is 1. The van der Waals surface area contributed by atoms with E-state index in [4.69, 9.17) is 27.9 Å². The lowest BCUT2D eigenvalue weighted by atomic mass is 10.2. The zero-order valence-electron chi connectivity index (χ0n) is 15.9. The van der Waals surface area contributed by atoms with Gasteiger partial charge in [-0.15, -0.1) is 11.8 Å². The number of benzene rings is 3. The van der Waals surface area contributed by atoms with Crippen LogP contribution in [0, 0.1) is 7.14 Å². The molecule has 0 heterocycles. The second kappa shape index (κ2) is 12.3. The van der Waals surface area contributed by atoms with Crippen LogP contribution in [0.25, 0.3) is 0 Å². The lowest BCUT2D eigenvalue weighted by Gasteiger charge is -2.12. The molecule has 0 aliphatic heterocycles. The van der Waals surface area contributed by atoms with Crippen molar-refractivity contribution < 1.29 is 9.53 Å². The van der Waals surface area contributed by atoms with Crippen LogP contribution in [0.5, 0.6) is 5.75 Å².